The highest BCUT2D eigenvalue weighted by molar-refractivity contribution is 5.87. The van der Waals surface area contributed by atoms with Crippen LogP contribution in [0.25, 0.3) is 0 Å². The van der Waals surface area contributed by atoms with Gasteiger partial charge in [-0.2, -0.15) is 0 Å². The van der Waals surface area contributed by atoms with Crippen LogP contribution in [0.2, 0.25) is 0 Å². The number of allylic oxidation sites excluding steroid dienone is 3. The normalized spacial score (nSPS) is 23.8. The molecule has 0 radical (unpaired) electrons. The Labute approximate surface area is 98.0 Å². The minimum atomic E-state index is -0.00354. The average molecular weight is 222 g/mol. The van der Waals surface area contributed by atoms with E-state index in [1.165, 1.54) is 12.8 Å². The summed E-state index contributed by atoms with van der Waals surface area (Å²) >= 11 is 0. The first-order valence-corrected chi connectivity index (χ1v) is 6.04. The van der Waals surface area contributed by atoms with Gasteiger partial charge in [0.15, 0.2) is 0 Å². The van der Waals surface area contributed by atoms with Crippen LogP contribution >= 0.6 is 0 Å². The van der Waals surface area contributed by atoms with Crippen molar-refractivity contribution in [2.45, 2.75) is 32.7 Å². The van der Waals surface area contributed by atoms with Gasteiger partial charge in [0.2, 0.25) is 5.91 Å². The predicted molar refractivity (Wildman–Crippen MR) is 67.2 cm³/mol. The Morgan fingerprint density at radius 1 is 1.50 bits per heavy atom. The number of hydrogen-bond acceptors (Lipinski definition) is 2. The lowest BCUT2D eigenvalue weighted by Gasteiger charge is -2.28. The summed E-state index contributed by atoms with van der Waals surface area (Å²) in [5.41, 5.74) is 0. The maximum atomic E-state index is 11.5. The summed E-state index contributed by atoms with van der Waals surface area (Å²) in [6, 6.07) is 0.246. The summed E-state index contributed by atoms with van der Waals surface area (Å²) in [5.74, 6) is 0.559. The summed E-state index contributed by atoms with van der Waals surface area (Å²) in [7, 11) is 0. The number of nitrogens with one attached hydrogen (secondary N) is 2. The number of carbonyl (C=O) groups excluding carboxylic acids is 1. The molecule has 3 heteroatoms. The molecule has 2 unspecified atom stereocenters. The second kappa shape index (κ2) is 7.23. The molecule has 1 amide bonds. The lowest BCUT2D eigenvalue weighted by atomic mass is 9.93. The molecular formula is C13H22N2O. The molecule has 0 bridgehead atoms. The summed E-state index contributed by atoms with van der Waals surface area (Å²) in [6.07, 6.45) is 9.50. The first-order valence-electron chi connectivity index (χ1n) is 6.04. The van der Waals surface area contributed by atoms with Crippen molar-refractivity contribution in [1.29, 1.82) is 0 Å². The lowest BCUT2D eigenvalue weighted by Crippen LogP contribution is -2.44. The minimum Gasteiger partial charge on any atom is -0.350 e. The highest BCUT2D eigenvalue weighted by Gasteiger charge is 2.20. The quantitative estimate of drug-likeness (QED) is 0.560. The zero-order valence-corrected chi connectivity index (χ0v) is 10.2. The second-order valence-electron chi connectivity index (χ2n) is 4.29. The Hall–Kier alpha value is -1.09. The Kier molecular flexibility index (Phi) is 5.86. The maximum Gasteiger partial charge on any atom is 0.244 e. The van der Waals surface area contributed by atoms with E-state index in [2.05, 4.69) is 17.6 Å². The number of hydrogen-bond donors (Lipinski definition) is 2. The van der Waals surface area contributed by atoms with Gasteiger partial charge in [-0.1, -0.05) is 18.2 Å². The SMILES string of the molecule is CC=CC=CC(=O)NC(C)C1CCCNC1. The lowest BCUT2D eigenvalue weighted by molar-refractivity contribution is -0.117. The smallest absolute Gasteiger partial charge is 0.244 e. The molecule has 2 N–H and O–H groups in total. The molecule has 0 aliphatic carbocycles. The summed E-state index contributed by atoms with van der Waals surface area (Å²) in [6.45, 7) is 6.13. The van der Waals surface area contributed by atoms with Crippen LogP contribution in [0.3, 0.4) is 0 Å². The Morgan fingerprint density at radius 3 is 2.94 bits per heavy atom. The molecule has 1 rings (SSSR count). The molecule has 0 aromatic heterocycles. The van der Waals surface area contributed by atoms with Crippen LogP contribution in [-0.4, -0.2) is 25.0 Å². The van der Waals surface area contributed by atoms with E-state index in [-0.39, 0.29) is 11.9 Å². The van der Waals surface area contributed by atoms with Crippen molar-refractivity contribution in [2.24, 2.45) is 5.92 Å². The third kappa shape index (κ3) is 4.62. The minimum absolute atomic E-state index is 0.00354. The van der Waals surface area contributed by atoms with Gasteiger partial charge < -0.3 is 10.6 Å². The first kappa shape index (κ1) is 13.0. The van der Waals surface area contributed by atoms with E-state index in [1.54, 1.807) is 12.2 Å². The molecule has 16 heavy (non-hydrogen) atoms. The average Bonchev–Trinajstić information content (AvgIpc) is 2.30. The van der Waals surface area contributed by atoms with E-state index < -0.39 is 0 Å². The molecule has 0 aromatic rings. The molecule has 3 nitrogen and oxygen atoms in total. The summed E-state index contributed by atoms with van der Waals surface area (Å²) in [4.78, 5) is 11.5. The van der Waals surface area contributed by atoms with Gasteiger partial charge in [0, 0.05) is 12.1 Å². The maximum absolute atomic E-state index is 11.5. The fourth-order valence-electron chi connectivity index (χ4n) is 1.95. The van der Waals surface area contributed by atoms with Crippen LogP contribution in [0.1, 0.15) is 26.7 Å². The van der Waals surface area contributed by atoms with Crippen LogP contribution in [0.15, 0.2) is 24.3 Å². The Balaban J connectivity index is 2.31. The molecule has 1 fully saturated rings. The van der Waals surface area contributed by atoms with Gasteiger partial charge in [-0.25, -0.2) is 0 Å². The van der Waals surface area contributed by atoms with Gasteiger partial charge in [0.1, 0.15) is 0 Å². The second-order valence-corrected chi connectivity index (χ2v) is 4.29. The van der Waals surface area contributed by atoms with Crippen molar-refractivity contribution >= 4 is 5.91 Å². The topological polar surface area (TPSA) is 41.1 Å². The zero-order valence-electron chi connectivity index (χ0n) is 10.2. The molecule has 90 valence electrons. The number of amides is 1. The fraction of sp³-hybridized carbons (Fsp3) is 0.615. The van der Waals surface area contributed by atoms with Crippen LogP contribution < -0.4 is 10.6 Å². The third-order valence-electron chi connectivity index (χ3n) is 2.96. The highest BCUT2D eigenvalue weighted by Crippen LogP contribution is 2.13. The van der Waals surface area contributed by atoms with Crippen LogP contribution in [0.5, 0.6) is 0 Å². The summed E-state index contributed by atoms with van der Waals surface area (Å²) < 4.78 is 0. The molecular weight excluding hydrogens is 200 g/mol. The highest BCUT2D eigenvalue weighted by atomic mass is 16.1. The molecule has 1 aliphatic rings. The fourth-order valence-corrected chi connectivity index (χ4v) is 1.95. The zero-order chi connectivity index (χ0) is 11.8. The number of piperidine rings is 1. The molecule has 1 aliphatic heterocycles. The monoisotopic (exact) mass is 222 g/mol. The van der Waals surface area contributed by atoms with Gasteiger partial charge in [-0.15, -0.1) is 0 Å². The van der Waals surface area contributed by atoms with Crippen molar-refractivity contribution in [3.8, 4) is 0 Å². The molecule has 0 saturated carbocycles. The number of rotatable bonds is 4. The molecule has 0 aromatic carbocycles. The van der Waals surface area contributed by atoms with E-state index in [9.17, 15) is 4.79 Å². The van der Waals surface area contributed by atoms with E-state index in [1.807, 2.05) is 19.1 Å². The van der Waals surface area contributed by atoms with Crippen molar-refractivity contribution in [3.63, 3.8) is 0 Å². The van der Waals surface area contributed by atoms with Crippen molar-refractivity contribution in [2.75, 3.05) is 13.1 Å². The third-order valence-corrected chi connectivity index (χ3v) is 2.96. The van der Waals surface area contributed by atoms with Crippen LogP contribution in [0, 0.1) is 5.92 Å². The van der Waals surface area contributed by atoms with Gasteiger partial charge in [-0.3, -0.25) is 4.79 Å². The number of carbonyl (C=O) groups is 1. The van der Waals surface area contributed by atoms with Gasteiger partial charge in [-0.05, 0) is 45.7 Å². The predicted octanol–water partition coefficient (Wildman–Crippen LogP) is 1.62. The standard InChI is InChI=1S/C13H22N2O/c1-3-4-5-8-13(16)15-11(2)12-7-6-9-14-10-12/h3-5,8,11-12,14H,6-7,9-10H2,1-2H3,(H,15,16). The molecule has 1 saturated heterocycles. The largest absolute Gasteiger partial charge is 0.350 e. The van der Waals surface area contributed by atoms with E-state index >= 15 is 0 Å². The van der Waals surface area contributed by atoms with E-state index in [0.717, 1.165) is 13.1 Å². The van der Waals surface area contributed by atoms with E-state index in [4.69, 9.17) is 0 Å². The Morgan fingerprint density at radius 2 is 2.31 bits per heavy atom. The van der Waals surface area contributed by atoms with Gasteiger partial charge in [0.25, 0.3) is 0 Å². The van der Waals surface area contributed by atoms with Crippen molar-refractivity contribution < 1.29 is 4.79 Å². The molecule has 0 spiro atoms. The van der Waals surface area contributed by atoms with Crippen LogP contribution in [0.4, 0.5) is 0 Å². The van der Waals surface area contributed by atoms with Crippen LogP contribution in [-0.2, 0) is 4.79 Å². The van der Waals surface area contributed by atoms with Gasteiger partial charge in [0.05, 0.1) is 0 Å². The van der Waals surface area contributed by atoms with Crippen molar-refractivity contribution in [3.05, 3.63) is 24.3 Å². The van der Waals surface area contributed by atoms with Gasteiger partial charge >= 0.3 is 0 Å². The van der Waals surface area contributed by atoms with Crippen molar-refractivity contribution in [1.82, 2.24) is 10.6 Å². The molecule has 2 atom stereocenters. The molecule has 1 heterocycles. The van der Waals surface area contributed by atoms with E-state index in [0.29, 0.717) is 5.92 Å². The summed E-state index contributed by atoms with van der Waals surface area (Å²) in [5, 5.41) is 6.37. The first-order chi connectivity index (χ1) is 7.74. The Bertz CT molecular complexity index is 265.